The van der Waals surface area contributed by atoms with E-state index in [0.29, 0.717) is 18.9 Å². The first kappa shape index (κ1) is 24.5. The Hall–Kier alpha value is -3.15. The van der Waals surface area contributed by atoms with Crippen molar-refractivity contribution in [2.24, 2.45) is 5.92 Å². The summed E-state index contributed by atoms with van der Waals surface area (Å²) in [5.41, 5.74) is 3.74. The number of hydrogen-bond donors (Lipinski definition) is 0. The molecule has 3 aromatic carbocycles. The fraction of sp³-hybridized carbons (Fsp3) is 0.323. The lowest BCUT2D eigenvalue weighted by Gasteiger charge is -2.32. The molecule has 1 fully saturated rings. The number of ether oxygens (including phenoxy) is 1. The molecule has 1 atom stereocenters. The number of likely N-dealkylation sites (tertiary alicyclic amines) is 1. The largest absolute Gasteiger partial charge is 0.493 e. The van der Waals surface area contributed by atoms with Crippen LogP contribution in [0.15, 0.2) is 83.6 Å². The minimum atomic E-state index is 0.232. The van der Waals surface area contributed by atoms with Crippen LogP contribution in [0.1, 0.15) is 29.5 Å². The first-order valence-electron chi connectivity index (χ1n) is 12.8. The molecule has 1 amide bonds. The minimum Gasteiger partial charge on any atom is -0.493 e. The summed E-state index contributed by atoms with van der Waals surface area (Å²) in [5.74, 6) is 1.52. The van der Waals surface area contributed by atoms with Gasteiger partial charge in [0.15, 0.2) is 0 Å². The molecule has 1 aromatic heterocycles. The lowest BCUT2D eigenvalue weighted by atomic mass is 9.98. The second kappa shape index (κ2) is 11.7. The van der Waals surface area contributed by atoms with Gasteiger partial charge in [0.05, 0.1) is 13.0 Å². The number of hydrogen-bond acceptors (Lipinski definition) is 4. The zero-order valence-electron chi connectivity index (χ0n) is 20.9. The van der Waals surface area contributed by atoms with Gasteiger partial charge in [0.25, 0.3) is 0 Å². The fourth-order valence-corrected chi connectivity index (χ4v) is 5.77. The monoisotopic (exact) mass is 498 g/mol. The second-order valence-corrected chi connectivity index (χ2v) is 10.7. The van der Waals surface area contributed by atoms with Crippen LogP contribution in [0, 0.1) is 5.92 Å². The van der Waals surface area contributed by atoms with E-state index in [9.17, 15) is 4.79 Å². The molecule has 0 aliphatic carbocycles. The number of nitrogens with zero attached hydrogens (tertiary/aromatic N) is 2. The number of piperidine rings is 1. The van der Waals surface area contributed by atoms with Crippen molar-refractivity contribution in [2.45, 2.75) is 32.4 Å². The van der Waals surface area contributed by atoms with E-state index in [0.717, 1.165) is 50.3 Å². The number of fused-ring (bicyclic) bond motifs is 1. The predicted octanol–water partition coefficient (Wildman–Crippen LogP) is 6.39. The van der Waals surface area contributed by atoms with Crippen molar-refractivity contribution in [1.82, 2.24) is 9.80 Å². The van der Waals surface area contributed by atoms with E-state index >= 15 is 0 Å². The Morgan fingerprint density at radius 3 is 2.67 bits per heavy atom. The summed E-state index contributed by atoms with van der Waals surface area (Å²) >= 11 is 1.65. The van der Waals surface area contributed by atoms with Crippen LogP contribution in [0.4, 0.5) is 0 Å². The first-order valence-corrected chi connectivity index (χ1v) is 13.7. The van der Waals surface area contributed by atoms with Gasteiger partial charge in [-0.25, -0.2) is 0 Å². The average Bonchev–Trinajstić information content (AvgIpc) is 3.42. The summed E-state index contributed by atoms with van der Waals surface area (Å²) in [7, 11) is 2.17. The van der Waals surface area contributed by atoms with Gasteiger partial charge in [0, 0.05) is 32.1 Å². The van der Waals surface area contributed by atoms with Crippen LogP contribution in [0.2, 0.25) is 0 Å². The molecule has 0 spiro atoms. The summed E-state index contributed by atoms with van der Waals surface area (Å²) in [5, 5.41) is 6.71. The van der Waals surface area contributed by atoms with Gasteiger partial charge in [-0.1, -0.05) is 54.6 Å². The number of thiophene rings is 1. The van der Waals surface area contributed by atoms with Crippen molar-refractivity contribution in [2.75, 3.05) is 26.7 Å². The Morgan fingerprint density at radius 2 is 1.83 bits per heavy atom. The second-order valence-electron chi connectivity index (χ2n) is 9.92. The molecule has 2 heterocycles. The van der Waals surface area contributed by atoms with Gasteiger partial charge in [0.2, 0.25) is 5.91 Å². The summed E-state index contributed by atoms with van der Waals surface area (Å²) in [6, 6.07) is 25.6. The molecule has 0 unspecified atom stereocenters. The van der Waals surface area contributed by atoms with E-state index < -0.39 is 0 Å². The van der Waals surface area contributed by atoms with Gasteiger partial charge in [-0.2, -0.15) is 11.3 Å². The van der Waals surface area contributed by atoms with E-state index in [1.807, 2.05) is 16.3 Å². The molecule has 5 rings (SSSR count). The van der Waals surface area contributed by atoms with Crippen LogP contribution in [0.25, 0.3) is 10.8 Å². The van der Waals surface area contributed by atoms with Crippen LogP contribution in [-0.4, -0.2) is 42.5 Å². The third-order valence-electron chi connectivity index (χ3n) is 6.99. The van der Waals surface area contributed by atoms with Gasteiger partial charge in [-0.05, 0) is 76.3 Å². The van der Waals surface area contributed by atoms with Crippen LogP contribution in [0.3, 0.4) is 0 Å². The molecule has 0 N–H and O–H groups in total. The van der Waals surface area contributed by atoms with Gasteiger partial charge in [-0.15, -0.1) is 0 Å². The highest BCUT2D eigenvalue weighted by molar-refractivity contribution is 7.08. The third-order valence-corrected chi connectivity index (χ3v) is 7.72. The van der Waals surface area contributed by atoms with E-state index in [2.05, 4.69) is 84.1 Å². The van der Waals surface area contributed by atoms with Gasteiger partial charge >= 0.3 is 0 Å². The molecule has 1 saturated heterocycles. The Balaban J connectivity index is 1.10. The van der Waals surface area contributed by atoms with Gasteiger partial charge < -0.3 is 9.64 Å². The Bertz CT molecular complexity index is 1260. The van der Waals surface area contributed by atoms with Crippen molar-refractivity contribution in [3.8, 4) is 5.75 Å². The van der Waals surface area contributed by atoms with E-state index in [-0.39, 0.29) is 5.91 Å². The average molecular weight is 499 g/mol. The third kappa shape index (κ3) is 6.34. The molecule has 186 valence electrons. The summed E-state index contributed by atoms with van der Waals surface area (Å²) in [4.78, 5) is 17.0. The molecule has 36 heavy (non-hydrogen) atoms. The van der Waals surface area contributed by atoms with Gasteiger partial charge in [-0.3, -0.25) is 9.69 Å². The topological polar surface area (TPSA) is 32.8 Å². The van der Waals surface area contributed by atoms with E-state index in [1.54, 1.807) is 11.3 Å². The minimum absolute atomic E-state index is 0.232. The molecule has 1 aliphatic rings. The maximum atomic E-state index is 12.7. The van der Waals surface area contributed by atoms with E-state index in [1.165, 1.54) is 21.9 Å². The van der Waals surface area contributed by atoms with Crippen LogP contribution < -0.4 is 4.74 Å². The maximum Gasteiger partial charge on any atom is 0.227 e. The molecular weight excluding hydrogens is 464 g/mol. The molecule has 4 aromatic rings. The lowest BCUT2D eigenvalue weighted by Crippen LogP contribution is -2.42. The summed E-state index contributed by atoms with van der Waals surface area (Å²) < 4.78 is 6.13. The highest BCUT2D eigenvalue weighted by Crippen LogP contribution is 2.22. The molecule has 4 nitrogen and oxygen atoms in total. The highest BCUT2D eigenvalue weighted by atomic mass is 32.1. The fourth-order valence-electron chi connectivity index (χ4n) is 5.10. The Morgan fingerprint density at radius 1 is 1.00 bits per heavy atom. The molecule has 0 radical (unpaired) electrons. The Labute approximate surface area is 218 Å². The molecule has 0 bridgehead atoms. The normalized spacial score (nSPS) is 15.9. The van der Waals surface area contributed by atoms with Crippen molar-refractivity contribution in [1.29, 1.82) is 0 Å². The van der Waals surface area contributed by atoms with E-state index in [4.69, 9.17) is 4.74 Å². The first-order chi connectivity index (χ1) is 17.6. The standard InChI is InChI=1S/C31H34N2O2S/c1-32(21-28-9-4-8-27-7-2-3-10-30(27)28)19-24-11-13-29(14-12-24)35-22-26-6-5-16-33(20-26)31(34)18-25-15-17-36-23-25/h2-4,7-15,17,23,26H,5-6,16,18-22H2,1H3/t26-/m1/s1. The maximum absolute atomic E-state index is 12.7. The molecule has 5 heteroatoms. The molecule has 0 saturated carbocycles. The number of benzene rings is 3. The lowest BCUT2D eigenvalue weighted by molar-refractivity contribution is -0.132. The van der Waals surface area contributed by atoms with Crippen LogP contribution >= 0.6 is 11.3 Å². The van der Waals surface area contributed by atoms with Crippen molar-refractivity contribution in [3.63, 3.8) is 0 Å². The molecule has 1 aliphatic heterocycles. The zero-order chi connectivity index (χ0) is 24.7. The summed E-state index contributed by atoms with van der Waals surface area (Å²) in [6.07, 6.45) is 2.66. The smallest absolute Gasteiger partial charge is 0.227 e. The zero-order valence-corrected chi connectivity index (χ0v) is 21.8. The number of amides is 1. The number of rotatable bonds is 9. The van der Waals surface area contributed by atoms with Crippen molar-refractivity contribution >= 4 is 28.0 Å². The van der Waals surface area contributed by atoms with Crippen LogP contribution in [-0.2, 0) is 24.3 Å². The molecular formula is C31H34N2O2S. The Kier molecular flexibility index (Phi) is 7.99. The highest BCUT2D eigenvalue weighted by Gasteiger charge is 2.24. The van der Waals surface area contributed by atoms with Crippen LogP contribution in [0.5, 0.6) is 5.75 Å². The quantitative estimate of drug-likeness (QED) is 0.268. The SMILES string of the molecule is CN(Cc1ccc(OC[C@@H]2CCCN(C(=O)Cc3ccsc3)C2)cc1)Cc1cccc2ccccc12. The number of carbonyl (C=O) groups excluding carboxylic acids is 1. The predicted molar refractivity (Wildman–Crippen MR) is 148 cm³/mol. The van der Waals surface area contributed by atoms with Crippen molar-refractivity contribution in [3.05, 3.63) is 100 Å². The van der Waals surface area contributed by atoms with Gasteiger partial charge in [0.1, 0.15) is 5.75 Å². The van der Waals surface area contributed by atoms with Crippen molar-refractivity contribution < 1.29 is 9.53 Å². The summed E-state index contributed by atoms with van der Waals surface area (Å²) in [6.45, 7) is 4.10. The number of carbonyl (C=O) groups is 1.